The maximum absolute atomic E-state index is 9.94. The molecule has 0 amide bonds. The fourth-order valence-corrected chi connectivity index (χ4v) is 1.18. The standard InChI is InChI=1S/C10H20N2O2/c13-9-7-11-5-3-1-2-4-6-12-8-10-14/h9-12H,1-8H2. The van der Waals surface area contributed by atoms with Gasteiger partial charge in [-0.15, -0.1) is 0 Å². The highest BCUT2D eigenvalue weighted by molar-refractivity contribution is 5.51. The monoisotopic (exact) mass is 200 g/mol. The second-order valence-corrected chi connectivity index (χ2v) is 3.16. The molecule has 4 heteroatoms. The number of hydrogen-bond donors (Lipinski definition) is 2. The van der Waals surface area contributed by atoms with E-state index in [2.05, 4.69) is 10.6 Å². The van der Waals surface area contributed by atoms with Crippen LogP contribution < -0.4 is 10.6 Å². The normalized spacial score (nSPS) is 10.0. The Balaban J connectivity index is 2.84. The molecule has 0 saturated carbocycles. The Morgan fingerprint density at radius 2 is 1.14 bits per heavy atom. The molecule has 0 atom stereocenters. The lowest BCUT2D eigenvalue weighted by atomic mass is 10.2. The Morgan fingerprint density at radius 3 is 1.50 bits per heavy atom. The average Bonchev–Trinajstić information content (AvgIpc) is 2.21. The fourth-order valence-electron chi connectivity index (χ4n) is 1.18. The molecule has 0 rings (SSSR count). The molecule has 0 saturated heterocycles. The van der Waals surface area contributed by atoms with Crippen LogP contribution in [0.2, 0.25) is 0 Å². The van der Waals surface area contributed by atoms with Crippen molar-refractivity contribution in [2.24, 2.45) is 0 Å². The summed E-state index contributed by atoms with van der Waals surface area (Å²) in [6.07, 6.45) is 6.33. The van der Waals surface area contributed by atoms with Gasteiger partial charge in [0.15, 0.2) is 0 Å². The third kappa shape index (κ3) is 11.3. The smallest absolute Gasteiger partial charge is 0.133 e. The van der Waals surface area contributed by atoms with Gasteiger partial charge in [0.25, 0.3) is 0 Å². The van der Waals surface area contributed by atoms with Crippen LogP contribution in [0.15, 0.2) is 0 Å². The minimum absolute atomic E-state index is 0.459. The summed E-state index contributed by atoms with van der Waals surface area (Å²) in [6, 6.07) is 0. The molecule has 0 spiro atoms. The van der Waals surface area contributed by atoms with E-state index in [-0.39, 0.29) is 0 Å². The van der Waals surface area contributed by atoms with E-state index < -0.39 is 0 Å². The van der Waals surface area contributed by atoms with Crippen LogP contribution >= 0.6 is 0 Å². The van der Waals surface area contributed by atoms with Gasteiger partial charge in [0, 0.05) is 0 Å². The molecular weight excluding hydrogens is 180 g/mol. The molecule has 82 valence electrons. The quantitative estimate of drug-likeness (QED) is 0.367. The molecule has 14 heavy (non-hydrogen) atoms. The fraction of sp³-hybridized carbons (Fsp3) is 0.800. The predicted molar refractivity (Wildman–Crippen MR) is 56.3 cm³/mol. The van der Waals surface area contributed by atoms with Crippen molar-refractivity contribution in [2.75, 3.05) is 26.2 Å². The van der Waals surface area contributed by atoms with Crippen LogP contribution in [-0.4, -0.2) is 38.8 Å². The first kappa shape index (κ1) is 13.3. The Hall–Kier alpha value is -0.740. The van der Waals surface area contributed by atoms with Gasteiger partial charge in [-0.3, -0.25) is 0 Å². The van der Waals surface area contributed by atoms with Crippen LogP contribution in [0.25, 0.3) is 0 Å². The van der Waals surface area contributed by atoms with Crippen molar-refractivity contribution in [1.82, 2.24) is 10.6 Å². The lowest BCUT2D eigenvalue weighted by Crippen LogP contribution is -2.18. The average molecular weight is 200 g/mol. The summed E-state index contributed by atoms with van der Waals surface area (Å²) < 4.78 is 0. The zero-order valence-electron chi connectivity index (χ0n) is 8.63. The second kappa shape index (κ2) is 12.3. The van der Waals surface area contributed by atoms with Crippen molar-refractivity contribution in [3.05, 3.63) is 0 Å². The van der Waals surface area contributed by atoms with E-state index in [0.29, 0.717) is 13.1 Å². The number of hydrogen-bond acceptors (Lipinski definition) is 4. The molecule has 0 fully saturated rings. The number of nitrogens with one attached hydrogen (secondary N) is 2. The summed E-state index contributed by atoms with van der Waals surface area (Å²) in [5, 5.41) is 6.03. The van der Waals surface area contributed by atoms with E-state index in [1.807, 2.05) is 0 Å². The number of aldehydes is 2. The molecular formula is C10H20N2O2. The second-order valence-electron chi connectivity index (χ2n) is 3.16. The van der Waals surface area contributed by atoms with Crippen molar-refractivity contribution < 1.29 is 9.59 Å². The van der Waals surface area contributed by atoms with Gasteiger partial charge in [-0.2, -0.15) is 0 Å². The topological polar surface area (TPSA) is 58.2 Å². The van der Waals surface area contributed by atoms with Crippen LogP contribution in [-0.2, 0) is 9.59 Å². The van der Waals surface area contributed by atoms with E-state index in [9.17, 15) is 9.59 Å². The zero-order valence-corrected chi connectivity index (χ0v) is 8.63. The van der Waals surface area contributed by atoms with Gasteiger partial charge in [0.05, 0.1) is 13.1 Å². The maximum atomic E-state index is 9.94. The largest absolute Gasteiger partial charge is 0.310 e. The number of carbonyl (C=O) groups excluding carboxylic acids is 2. The SMILES string of the molecule is O=CCNCCCCCCNCC=O. The summed E-state index contributed by atoms with van der Waals surface area (Å²) >= 11 is 0. The van der Waals surface area contributed by atoms with Crippen LogP contribution in [0, 0.1) is 0 Å². The summed E-state index contributed by atoms with van der Waals surface area (Å²) in [7, 11) is 0. The van der Waals surface area contributed by atoms with Crippen molar-refractivity contribution in [1.29, 1.82) is 0 Å². The Morgan fingerprint density at radius 1 is 0.714 bits per heavy atom. The summed E-state index contributed by atoms with van der Waals surface area (Å²) in [5.41, 5.74) is 0. The number of rotatable bonds is 11. The molecule has 2 N–H and O–H groups in total. The van der Waals surface area contributed by atoms with Gasteiger partial charge in [-0.1, -0.05) is 12.8 Å². The minimum Gasteiger partial charge on any atom is -0.310 e. The molecule has 0 unspecified atom stereocenters. The molecule has 0 aliphatic carbocycles. The molecule has 0 aromatic rings. The number of carbonyl (C=O) groups is 2. The minimum atomic E-state index is 0.459. The molecule has 0 aromatic carbocycles. The first-order valence-corrected chi connectivity index (χ1v) is 5.20. The van der Waals surface area contributed by atoms with Crippen LogP contribution in [0.5, 0.6) is 0 Å². The number of unbranched alkanes of at least 4 members (excludes halogenated alkanes) is 3. The van der Waals surface area contributed by atoms with Crippen LogP contribution in [0.1, 0.15) is 25.7 Å². The van der Waals surface area contributed by atoms with Crippen LogP contribution in [0.4, 0.5) is 0 Å². The summed E-state index contributed by atoms with van der Waals surface area (Å²) in [6.45, 7) is 2.75. The van der Waals surface area contributed by atoms with Gasteiger partial charge in [-0.05, 0) is 25.9 Å². The Bertz CT molecular complexity index is 124. The summed E-state index contributed by atoms with van der Waals surface area (Å²) in [4.78, 5) is 19.9. The van der Waals surface area contributed by atoms with E-state index in [1.54, 1.807) is 0 Å². The van der Waals surface area contributed by atoms with Gasteiger partial charge >= 0.3 is 0 Å². The van der Waals surface area contributed by atoms with Gasteiger partial charge in [0.2, 0.25) is 0 Å². The molecule has 0 aliphatic rings. The highest BCUT2D eigenvalue weighted by Crippen LogP contribution is 1.97. The van der Waals surface area contributed by atoms with Crippen molar-refractivity contribution in [3.63, 3.8) is 0 Å². The molecule has 0 aliphatic heterocycles. The molecule has 0 aromatic heterocycles. The molecule has 0 heterocycles. The Kier molecular flexibility index (Phi) is 11.6. The van der Waals surface area contributed by atoms with Crippen molar-refractivity contribution >= 4 is 12.6 Å². The summed E-state index contributed by atoms with van der Waals surface area (Å²) in [5.74, 6) is 0. The highest BCUT2D eigenvalue weighted by Gasteiger charge is 1.90. The maximum Gasteiger partial charge on any atom is 0.133 e. The first-order chi connectivity index (χ1) is 6.91. The lowest BCUT2D eigenvalue weighted by Gasteiger charge is -2.02. The van der Waals surface area contributed by atoms with Gasteiger partial charge in [-0.25, -0.2) is 0 Å². The van der Waals surface area contributed by atoms with Gasteiger partial charge in [0.1, 0.15) is 12.6 Å². The van der Waals surface area contributed by atoms with Crippen molar-refractivity contribution in [2.45, 2.75) is 25.7 Å². The van der Waals surface area contributed by atoms with Crippen LogP contribution in [0.3, 0.4) is 0 Å². The van der Waals surface area contributed by atoms with Gasteiger partial charge < -0.3 is 20.2 Å². The Labute approximate surface area is 85.4 Å². The predicted octanol–water partition coefficient (Wildman–Crippen LogP) is 0.124. The molecule has 0 radical (unpaired) electrons. The lowest BCUT2D eigenvalue weighted by molar-refractivity contribution is -0.107. The zero-order chi connectivity index (χ0) is 10.5. The van der Waals surface area contributed by atoms with E-state index >= 15 is 0 Å². The van der Waals surface area contributed by atoms with E-state index in [4.69, 9.17) is 0 Å². The highest BCUT2D eigenvalue weighted by atomic mass is 16.1. The molecule has 4 nitrogen and oxygen atoms in total. The molecule has 0 bridgehead atoms. The van der Waals surface area contributed by atoms with E-state index in [0.717, 1.165) is 38.5 Å². The van der Waals surface area contributed by atoms with Crippen molar-refractivity contribution in [3.8, 4) is 0 Å². The van der Waals surface area contributed by atoms with E-state index in [1.165, 1.54) is 12.8 Å². The third-order valence-corrected chi connectivity index (χ3v) is 1.91. The third-order valence-electron chi connectivity index (χ3n) is 1.91. The first-order valence-electron chi connectivity index (χ1n) is 5.20.